The Bertz CT molecular complexity index is 973. The van der Waals surface area contributed by atoms with Gasteiger partial charge in [0.2, 0.25) is 0 Å². The lowest BCUT2D eigenvalue weighted by Crippen LogP contribution is -2.43. The molecule has 6 nitrogen and oxygen atoms in total. The number of carbonyl (C=O) groups excluding carboxylic acids is 2. The lowest BCUT2D eigenvalue weighted by molar-refractivity contribution is -0.123. The van der Waals surface area contributed by atoms with Gasteiger partial charge in [-0.05, 0) is 57.0 Å². The van der Waals surface area contributed by atoms with Crippen LogP contribution in [0, 0.1) is 0 Å². The van der Waals surface area contributed by atoms with E-state index in [-0.39, 0.29) is 6.61 Å². The number of rotatable bonds is 5. The summed E-state index contributed by atoms with van der Waals surface area (Å²) in [6, 6.07) is 18.1. The van der Waals surface area contributed by atoms with Crippen molar-refractivity contribution in [3.05, 3.63) is 70.7 Å². The highest BCUT2D eigenvalue weighted by atomic mass is 79.9. The monoisotopic (exact) mass is 428 g/mol. The molecule has 0 aliphatic carbocycles. The third-order valence-electron chi connectivity index (χ3n) is 3.85. The number of hydrogen-bond acceptors (Lipinski definition) is 4. The van der Waals surface area contributed by atoms with Crippen molar-refractivity contribution in [1.82, 2.24) is 10.9 Å². The Morgan fingerprint density at radius 1 is 0.963 bits per heavy atom. The number of nitrogens with one attached hydrogen (secondary N) is 2. The molecular weight excluding hydrogens is 412 g/mol. The number of benzene rings is 3. The molecule has 0 bridgehead atoms. The highest BCUT2D eigenvalue weighted by Crippen LogP contribution is 2.32. The van der Waals surface area contributed by atoms with Crippen molar-refractivity contribution in [2.75, 3.05) is 13.7 Å². The molecule has 2 N–H and O–H groups in total. The zero-order valence-electron chi connectivity index (χ0n) is 14.5. The number of carbonyl (C=O) groups is 2. The van der Waals surface area contributed by atoms with Gasteiger partial charge in [0.1, 0.15) is 11.5 Å². The van der Waals surface area contributed by atoms with Gasteiger partial charge in [-0.3, -0.25) is 20.4 Å². The molecule has 0 fully saturated rings. The van der Waals surface area contributed by atoms with Crippen molar-refractivity contribution in [2.45, 2.75) is 0 Å². The Hall–Kier alpha value is -3.06. The number of halogens is 1. The van der Waals surface area contributed by atoms with E-state index in [0.717, 1.165) is 15.2 Å². The zero-order chi connectivity index (χ0) is 19.2. The van der Waals surface area contributed by atoms with E-state index in [1.165, 1.54) is 0 Å². The van der Waals surface area contributed by atoms with Crippen molar-refractivity contribution < 1.29 is 19.1 Å². The van der Waals surface area contributed by atoms with Crippen LogP contribution in [0.1, 0.15) is 10.4 Å². The summed E-state index contributed by atoms with van der Waals surface area (Å²) in [6.07, 6.45) is 0. The van der Waals surface area contributed by atoms with Crippen molar-refractivity contribution in [2.24, 2.45) is 0 Å². The molecule has 2 amide bonds. The maximum absolute atomic E-state index is 12.0. The van der Waals surface area contributed by atoms with Gasteiger partial charge in [0.15, 0.2) is 6.61 Å². The maximum Gasteiger partial charge on any atom is 0.276 e. The van der Waals surface area contributed by atoms with Crippen LogP contribution in [0.3, 0.4) is 0 Å². The molecule has 7 heteroatoms. The average molecular weight is 429 g/mol. The summed E-state index contributed by atoms with van der Waals surface area (Å²) in [4.78, 5) is 23.9. The SMILES string of the molecule is COc1ccc(C(=O)NNC(=O)COc2ccc3ccccc3c2Br)cc1. The molecule has 0 saturated carbocycles. The molecule has 0 saturated heterocycles. The predicted octanol–water partition coefficient (Wildman–Crippen LogP) is 3.45. The Kier molecular flexibility index (Phi) is 5.93. The molecule has 0 aliphatic rings. The highest BCUT2D eigenvalue weighted by molar-refractivity contribution is 9.10. The first kappa shape index (κ1) is 18.7. The van der Waals surface area contributed by atoms with Gasteiger partial charge in [0.05, 0.1) is 11.6 Å². The predicted molar refractivity (Wildman–Crippen MR) is 106 cm³/mol. The van der Waals surface area contributed by atoms with Crippen LogP contribution in [0.15, 0.2) is 65.1 Å². The molecule has 138 valence electrons. The molecule has 0 heterocycles. The Labute approximate surface area is 164 Å². The summed E-state index contributed by atoms with van der Waals surface area (Å²) >= 11 is 3.50. The summed E-state index contributed by atoms with van der Waals surface area (Å²) in [6.45, 7) is -0.236. The van der Waals surface area contributed by atoms with Gasteiger partial charge in [-0.1, -0.05) is 30.3 Å². The van der Waals surface area contributed by atoms with Gasteiger partial charge in [-0.15, -0.1) is 0 Å². The topological polar surface area (TPSA) is 76.7 Å². The summed E-state index contributed by atoms with van der Waals surface area (Å²) in [5.74, 6) is 0.282. The van der Waals surface area contributed by atoms with Crippen LogP contribution in [0.25, 0.3) is 10.8 Å². The Morgan fingerprint density at radius 3 is 2.44 bits per heavy atom. The van der Waals surface area contributed by atoms with E-state index in [2.05, 4.69) is 26.8 Å². The first-order valence-electron chi connectivity index (χ1n) is 8.12. The van der Waals surface area contributed by atoms with Gasteiger partial charge < -0.3 is 9.47 Å². The molecule has 3 aromatic rings. The fraction of sp³-hybridized carbons (Fsp3) is 0.100. The molecule has 27 heavy (non-hydrogen) atoms. The van der Waals surface area contributed by atoms with Crippen LogP contribution in [0.5, 0.6) is 11.5 Å². The molecule has 0 radical (unpaired) electrons. The lowest BCUT2D eigenvalue weighted by atomic mass is 10.1. The van der Waals surface area contributed by atoms with Crippen LogP contribution in [0.2, 0.25) is 0 Å². The van der Waals surface area contributed by atoms with Gasteiger partial charge >= 0.3 is 0 Å². The van der Waals surface area contributed by atoms with Crippen molar-refractivity contribution in [3.8, 4) is 11.5 Å². The largest absolute Gasteiger partial charge is 0.497 e. The first-order valence-corrected chi connectivity index (χ1v) is 8.91. The number of hydrogen-bond donors (Lipinski definition) is 2. The van der Waals surface area contributed by atoms with Crippen LogP contribution in [-0.2, 0) is 4.79 Å². The van der Waals surface area contributed by atoms with E-state index in [9.17, 15) is 9.59 Å². The first-order chi connectivity index (χ1) is 13.1. The fourth-order valence-corrected chi connectivity index (χ4v) is 3.05. The second kappa shape index (κ2) is 8.55. The van der Waals surface area contributed by atoms with Crippen molar-refractivity contribution in [3.63, 3.8) is 0 Å². The van der Waals surface area contributed by atoms with Crippen molar-refractivity contribution in [1.29, 1.82) is 0 Å². The minimum atomic E-state index is -0.475. The average Bonchev–Trinajstić information content (AvgIpc) is 2.71. The van der Waals surface area contributed by atoms with Crippen LogP contribution in [-0.4, -0.2) is 25.5 Å². The smallest absolute Gasteiger partial charge is 0.276 e. The molecule has 3 aromatic carbocycles. The van der Waals surface area contributed by atoms with E-state index in [4.69, 9.17) is 9.47 Å². The molecule has 0 aliphatic heterocycles. The fourth-order valence-electron chi connectivity index (χ4n) is 2.45. The second-order valence-electron chi connectivity index (χ2n) is 5.62. The quantitative estimate of drug-likeness (QED) is 0.610. The third kappa shape index (κ3) is 4.57. The zero-order valence-corrected chi connectivity index (χ0v) is 16.1. The Balaban J connectivity index is 1.53. The molecular formula is C20H17BrN2O4. The third-order valence-corrected chi connectivity index (χ3v) is 4.67. The summed E-state index contributed by atoms with van der Waals surface area (Å²) in [5, 5.41) is 2.05. The molecule has 3 rings (SSSR count). The summed E-state index contributed by atoms with van der Waals surface area (Å²) in [7, 11) is 1.54. The maximum atomic E-state index is 12.0. The summed E-state index contributed by atoms with van der Waals surface area (Å²) < 4.78 is 11.4. The molecule has 0 atom stereocenters. The van der Waals surface area contributed by atoms with Gasteiger partial charge in [-0.25, -0.2) is 0 Å². The number of methoxy groups -OCH3 is 1. The number of ether oxygens (including phenoxy) is 2. The van der Waals surface area contributed by atoms with Gasteiger partial charge in [0, 0.05) is 5.56 Å². The van der Waals surface area contributed by atoms with Crippen LogP contribution >= 0.6 is 15.9 Å². The van der Waals surface area contributed by atoms with E-state index >= 15 is 0 Å². The number of hydrazine groups is 1. The van der Waals surface area contributed by atoms with Crippen LogP contribution in [0.4, 0.5) is 0 Å². The summed E-state index contributed by atoms with van der Waals surface area (Å²) in [5.41, 5.74) is 5.07. The molecule has 0 unspecified atom stereocenters. The second-order valence-corrected chi connectivity index (χ2v) is 6.41. The normalized spacial score (nSPS) is 10.3. The van der Waals surface area contributed by atoms with Gasteiger partial charge in [-0.2, -0.15) is 0 Å². The van der Waals surface area contributed by atoms with Crippen LogP contribution < -0.4 is 20.3 Å². The lowest BCUT2D eigenvalue weighted by Gasteiger charge is -2.11. The minimum absolute atomic E-state index is 0.236. The minimum Gasteiger partial charge on any atom is -0.497 e. The Morgan fingerprint density at radius 2 is 1.70 bits per heavy atom. The molecule has 0 aromatic heterocycles. The standard InChI is InChI=1S/C20H17BrN2O4/c1-26-15-9-6-14(7-10-15)20(25)23-22-18(24)12-27-17-11-8-13-4-2-3-5-16(13)19(17)21/h2-11H,12H2,1H3,(H,22,24)(H,23,25). The van der Waals surface area contributed by atoms with E-state index in [1.54, 1.807) is 37.4 Å². The highest BCUT2D eigenvalue weighted by Gasteiger charge is 2.10. The number of fused-ring (bicyclic) bond motifs is 1. The van der Waals surface area contributed by atoms with Crippen molar-refractivity contribution >= 4 is 38.5 Å². The molecule has 0 spiro atoms. The van der Waals surface area contributed by atoms with E-state index in [0.29, 0.717) is 17.1 Å². The van der Waals surface area contributed by atoms with E-state index < -0.39 is 11.8 Å². The van der Waals surface area contributed by atoms with Gasteiger partial charge in [0.25, 0.3) is 11.8 Å². The van der Waals surface area contributed by atoms with E-state index in [1.807, 2.05) is 30.3 Å². The number of amides is 2.